The van der Waals surface area contributed by atoms with Gasteiger partial charge in [-0.1, -0.05) is 0 Å². The second kappa shape index (κ2) is 3.23. The number of hydrogen-bond donors (Lipinski definition) is 1. The molecule has 2 aliphatic carbocycles. The minimum absolute atomic E-state index is 0.695. The maximum atomic E-state index is 4.02. The summed E-state index contributed by atoms with van der Waals surface area (Å²) in [6.45, 7) is 0. The van der Waals surface area contributed by atoms with Crippen LogP contribution in [0, 0.1) is 11.8 Å². The van der Waals surface area contributed by atoms with Crippen LogP contribution in [0.2, 0.25) is 0 Å². The average Bonchev–Trinajstić information content (AvgIpc) is 3.08. The van der Waals surface area contributed by atoms with Crippen LogP contribution >= 0.6 is 0 Å². The normalized spacial score (nSPS) is 21.2. The summed E-state index contributed by atoms with van der Waals surface area (Å²) < 4.78 is 0. The van der Waals surface area contributed by atoms with Gasteiger partial charge in [-0.05, 0) is 37.5 Å². The highest BCUT2D eigenvalue weighted by atomic mass is 15.0. The van der Waals surface area contributed by atoms with Gasteiger partial charge in [-0.15, -0.1) is 0 Å². The number of nitrogens with one attached hydrogen (secondary N) is 1. The maximum Gasteiger partial charge on any atom is 0.115 e. The first kappa shape index (κ1) is 8.21. The lowest BCUT2D eigenvalue weighted by atomic mass is 10.1. The van der Waals surface area contributed by atoms with Gasteiger partial charge in [0.1, 0.15) is 6.33 Å². The van der Waals surface area contributed by atoms with Gasteiger partial charge in [0.2, 0.25) is 0 Å². The van der Waals surface area contributed by atoms with Crippen molar-refractivity contribution in [1.82, 2.24) is 9.97 Å². The molecule has 1 aromatic rings. The first-order valence-corrected chi connectivity index (χ1v) is 5.45. The van der Waals surface area contributed by atoms with Gasteiger partial charge < -0.3 is 5.32 Å². The van der Waals surface area contributed by atoms with Crippen molar-refractivity contribution >= 4 is 5.69 Å². The predicted molar refractivity (Wildman–Crippen MR) is 54.9 cm³/mol. The van der Waals surface area contributed by atoms with Gasteiger partial charge in [-0.3, -0.25) is 0 Å². The Morgan fingerprint density at radius 2 is 1.64 bits per heavy atom. The molecular weight excluding hydrogens is 174 g/mol. The highest BCUT2D eigenvalue weighted by Gasteiger charge is 2.41. The molecule has 3 heteroatoms. The molecule has 0 atom stereocenters. The fraction of sp³-hybridized carbons (Fsp3) is 0.636. The summed E-state index contributed by atoms with van der Waals surface area (Å²) in [5.74, 6) is 1.84. The molecule has 0 radical (unpaired) electrons. The van der Waals surface area contributed by atoms with Crippen LogP contribution in [-0.4, -0.2) is 16.0 Å². The summed E-state index contributed by atoms with van der Waals surface area (Å²) in [7, 11) is 0. The van der Waals surface area contributed by atoms with Crippen LogP contribution in [0.5, 0.6) is 0 Å². The molecule has 3 nitrogen and oxygen atoms in total. The first-order chi connectivity index (χ1) is 6.93. The quantitative estimate of drug-likeness (QED) is 0.788. The Balaban J connectivity index is 1.69. The molecule has 0 saturated heterocycles. The molecule has 0 spiro atoms. The molecule has 0 amide bonds. The van der Waals surface area contributed by atoms with E-state index in [1.54, 1.807) is 6.33 Å². The fourth-order valence-electron chi connectivity index (χ4n) is 2.10. The summed E-state index contributed by atoms with van der Waals surface area (Å²) in [5, 5.41) is 3.58. The van der Waals surface area contributed by atoms with E-state index in [1.165, 1.54) is 25.7 Å². The number of aromatic nitrogens is 2. The lowest BCUT2D eigenvalue weighted by Crippen LogP contribution is -2.24. The Bertz CT molecular complexity index is 292. The predicted octanol–water partition coefficient (Wildman–Crippen LogP) is 2.08. The molecule has 0 unspecified atom stereocenters. The van der Waals surface area contributed by atoms with Crippen molar-refractivity contribution in [2.75, 3.05) is 5.32 Å². The van der Waals surface area contributed by atoms with Gasteiger partial charge in [0, 0.05) is 6.04 Å². The van der Waals surface area contributed by atoms with Crippen LogP contribution in [0.15, 0.2) is 18.7 Å². The largest absolute Gasteiger partial charge is 0.379 e. The van der Waals surface area contributed by atoms with Gasteiger partial charge >= 0.3 is 0 Å². The van der Waals surface area contributed by atoms with E-state index in [0.717, 1.165) is 17.5 Å². The van der Waals surface area contributed by atoms with E-state index in [4.69, 9.17) is 0 Å². The summed E-state index contributed by atoms with van der Waals surface area (Å²) in [5.41, 5.74) is 1.08. The summed E-state index contributed by atoms with van der Waals surface area (Å²) >= 11 is 0. The number of anilines is 1. The molecular formula is C11H15N3. The first-order valence-electron chi connectivity index (χ1n) is 5.45. The molecule has 14 heavy (non-hydrogen) atoms. The van der Waals surface area contributed by atoms with Gasteiger partial charge in [0.15, 0.2) is 0 Å². The van der Waals surface area contributed by atoms with Crippen molar-refractivity contribution in [3.8, 4) is 0 Å². The SMILES string of the molecule is c1ncc(NC(C2CC2)C2CC2)cn1. The maximum absolute atomic E-state index is 4.02. The van der Waals surface area contributed by atoms with Crippen LogP contribution in [-0.2, 0) is 0 Å². The fourth-order valence-corrected chi connectivity index (χ4v) is 2.10. The minimum atomic E-state index is 0.695. The topological polar surface area (TPSA) is 37.8 Å². The van der Waals surface area contributed by atoms with Crippen LogP contribution in [0.1, 0.15) is 25.7 Å². The van der Waals surface area contributed by atoms with Crippen molar-refractivity contribution < 1.29 is 0 Å². The van der Waals surface area contributed by atoms with E-state index in [-0.39, 0.29) is 0 Å². The summed E-state index contributed by atoms with van der Waals surface area (Å²) in [6, 6.07) is 0.695. The second-order valence-corrected chi connectivity index (χ2v) is 4.47. The molecule has 0 aliphatic heterocycles. The van der Waals surface area contributed by atoms with Crippen molar-refractivity contribution in [1.29, 1.82) is 0 Å². The van der Waals surface area contributed by atoms with Gasteiger partial charge in [-0.25, -0.2) is 9.97 Å². The summed E-state index contributed by atoms with van der Waals surface area (Å²) in [4.78, 5) is 8.05. The van der Waals surface area contributed by atoms with E-state index >= 15 is 0 Å². The van der Waals surface area contributed by atoms with Crippen LogP contribution in [0.25, 0.3) is 0 Å². The molecule has 2 saturated carbocycles. The molecule has 0 bridgehead atoms. The smallest absolute Gasteiger partial charge is 0.115 e. The molecule has 2 aliphatic rings. The van der Waals surface area contributed by atoms with E-state index < -0.39 is 0 Å². The van der Waals surface area contributed by atoms with Crippen molar-refractivity contribution in [2.45, 2.75) is 31.7 Å². The van der Waals surface area contributed by atoms with E-state index in [0.29, 0.717) is 6.04 Å². The van der Waals surface area contributed by atoms with Crippen molar-refractivity contribution in [2.24, 2.45) is 11.8 Å². The zero-order chi connectivity index (χ0) is 9.38. The molecule has 3 rings (SSSR count). The third kappa shape index (κ3) is 1.72. The lowest BCUT2D eigenvalue weighted by Gasteiger charge is -2.18. The zero-order valence-electron chi connectivity index (χ0n) is 8.19. The van der Waals surface area contributed by atoms with Gasteiger partial charge in [0.05, 0.1) is 18.1 Å². The zero-order valence-corrected chi connectivity index (χ0v) is 8.19. The molecule has 2 fully saturated rings. The monoisotopic (exact) mass is 189 g/mol. The number of rotatable bonds is 4. The average molecular weight is 189 g/mol. The highest BCUT2D eigenvalue weighted by molar-refractivity contribution is 5.39. The van der Waals surface area contributed by atoms with E-state index in [2.05, 4.69) is 15.3 Å². The Kier molecular flexibility index (Phi) is 1.89. The Morgan fingerprint density at radius 3 is 2.14 bits per heavy atom. The van der Waals surface area contributed by atoms with Gasteiger partial charge in [0.25, 0.3) is 0 Å². The third-order valence-electron chi connectivity index (χ3n) is 3.15. The number of hydrogen-bond acceptors (Lipinski definition) is 3. The standard InChI is InChI=1S/C11H15N3/c1-2-8(1)11(9-3-4-9)14-10-5-12-7-13-6-10/h5-9,11,14H,1-4H2. The van der Waals surface area contributed by atoms with Crippen LogP contribution < -0.4 is 5.32 Å². The van der Waals surface area contributed by atoms with Crippen molar-refractivity contribution in [3.05, 3.63) is 18.7 Å². The van der Waals surface area contributed by atoms with E-state index in [1.807, 2.05) is 12.4 Å². The van der Waals surface area contributed by atoms with Crippen LogP contribution in [0.3, 0.4) is 0 Å². The van der Waals surface area contributed by atoms with Crippen LogP contribution in [0.4, 0.5) is 5.69 Å². The lowest BCUT2D eigenvalue weighted by molar-refractivity contribution is 0.567. The third-order valence-corrected chi connectivity index (χ3v) is 3.15. The number of nitrogens with zero attached hydrogens (tertiary/aromatic N) is 2. The van der Waals surface area contributed by atoms with Gasteiger partial charge in [-0.2, -0.15) is 0 Å². The molecule has 1 N–H and O–H groups in total. The molecule has 74 valence electrons. The highest BCUT2D eigenvalue weighted by Crippen LogP contribution is 2.45. The van der Waals surface area contributed by atoms with Crippen molar-refractivity contribution in [3.63, 3.8) is 0 Å². The Hall–Kier alpha value is -1.12. The minimum Gasteiger partial charge on any atom is -0.379 e. The second-order valence-electron chi connectivity index (χ2n) is 4.47. The Labute approximate surface area is 84.0 Å². The van der Waals surface area contributed by atoms with E-state index in [9.17, 15) is 0 Å². The molecule has 1 heterocycles. The Morgan fingerprint density at radius 1 is 1.07 bits per heavy atom. The molecule has 1 aromatic heterocycles. The molecule has 0 aromatic carbocycles. The summed E-state index contributed by atoms with van der Waals surface area (Å²) in [6.07, 6.45) is 10.9.